The van der Waals surface area contributed by atoms with E-state index in [-0.39, 0.29) is 12.7 Å². The Bertz CT molecular complexity index is 292. The molecule has 0 bridgehead atoms. The Hall–Kier alpha value is -1.06. The van der Waals surface area contributed by atoms with Crippen LogP contribution in [-0.4, -0.2) is 24.4 Å². The van der Waals surface area contributed by atoms with Crippen LogP contribution < -0.4 is 4.74 Å². The van der Waals surface area contributed by atoms with E-state index in [0.717, 1.165) is 24.3 Å². The van der Waals surface area contributed by atoms with Crippen molar-refractivity contribution in [1.82, 2.24) is 0 Å². The van der Waals surface area contributed by atoms with E-state index >= 15 is 0 Å². The highest BCUT2D eigenvalue weighted by Gasteiger charge is 2.17. The van der Waals surface area contributed by atoms with Gasteiger partial charge in [0, 0.05) is 12.0 Å². The number of ether oxygens (including phenoxy) is 2. The van der Waals surface area contributed by atoms with Crippen LogP contribution in [0.5, 0.6) is 5.75 Å². The Balaban J connectivity index is 2.07. The van der Waals surface area contributed by atoms with Crippen molar-refractivity contribution < 1.29 is 14.6 Å². The molecule has 1 aromatic carbocycles. The quantitative estimate of drug-likeness (QED) is 0.789. The van der Waals surface area contributed by atoms with Gasteiger partial charge < -0.3 is 14.6 Å². The summed E-state index contributed by atoms with van der Waals surface area (Å²) in [7, 11) is 0. The Labute approximate surface area is 83.3 Å². The summed E-state index contributed by atoms with van der Waals surface area (Å²) >= 11 is 0. The molecule has 1 fully saturated rings. The lowest BCUT2D eigenvalue weighted by atomic mass is 10.2. The van der Waals surface area contributed by atoms with E-state index in [1.165, 1.54) is 0 Å². The third kappa shape index (κ3) is 2.05. The minimum absolute atomic E-state index is 0.0176. The number of benzene rings is 1. The summed E-state index contributed by atoms with van der Waals surface area (Å²) in [4.78, 5) is 0. The topological polar surface area (TPSA) is 38.7 Å². The molecule has 0 spiro atoms. The Morgan fingerprint density at radius 2 is 2.29 bits per heavy atom. The molecule has 76 valence electrons. The van der Waals surface area contributed by atoms with Gasteiger partial charge in [-0.15, -0.1) is 0 Å². The minimum Gasteiger partial charge on any atom is -0.488 e. The predicted octanol–water partition coefficient (Wildman–Crippen LogP) is 1.35. The highest BCUT2D eigenvalue weighted by molar-refractivity contribution is 5.32. The van der Waals surface area contributed by atoms with Gasteiger partial charge in [-0.2, -0.15) is 0 Å². The molecule has 0 saturated carbocycles. The van der Waals surface area contributed by atoms with Crippen LogP contribution >= 0.6 is 0 Å². The van der Waals surface area contributed by atoms with Crippen molar-refractivity contribution in [3.63, 3.8) is 0 Å². The summed E-state index contributed by atoms with van der Waals surface area (Å²) in [5.74, 6) is 0.769. The van der Waals surface area contributed by atoms with Crippen LogP contribution in [0.15, 0.2) is 24.3 Å². The summed E-state index contributed by atoms with van der Waals surface area (Å²) in [5, 5.41) is 9.08. The van der Waals surface area contributed by atoms with E-state index in [0.29, 0.717) is 6.61 Å². The second-order valence-corrected chi connectivity index (χ2v) is 3.37. The third-order valence-electron chi connectivity index (χ3n) is 2.32. The van der Waals surface area contributed by atoms with Crippen LogP contribution in [0.25, 0.3) is 0 Å². The predicted molar refractivity (Wildman–Crippen MR) is 52.2 cm³/mol. The van der Waals surface area contributed by atoms with Gasteiger partial charge in [0.1, 0.15) is 11.9 Å². The smallest absolute Gasteiger partial charge is 0.125 e. The average molecular weight is 194 g/mol. The molecule has 1 N–H and O–H groups in total. The zero-order valence-electron chi connectivity index (χ0n) is 7.98. The van der Waals surface area contributed by atoms with Crippen LogP contribution in [0.3, 0.4) is 0 Å². The van der Waals surface area contributed by atoms with E-state index in [1.807, 2.05) is 24.3 Å². The number of aliphatic hydroxyl groups excluding tert-OH is 1. The molecule has 0 aromatic heterocycles. The van der Waals surface area contributed by atoms with Crippen LogP contribution in [-0.2, 0) is 11.3 Å². The summed E-state index contributed by atoms with van der Waals surface area (Å²) in [5.41, 5.74) is 0.833. The minimum atomic E-state index is 0.0176. The second kappa shape index (κ2) is 4.44. The first-order valence-electron chi connectivity index (χ1n) is 4.83. The number of para-hydroxylation sites is 1. The molecule has 1 aliphatic heterocycles. The van der Waals surface area contributed by atoms with Gasteiger partial charge >= 0.3 is 0 Å². The van der Waals surface area contributed by atoms with E-state index < -0.39 is 0 Å². The summed E-state index contributed by atoms with van der Waals surface area (Å²) in [6.45, 7) is 1.44. The molecule has 1 atom stereocenters. The average Bonchev–Trinajstić information content (AvgIpc) is 2.71. The molecule has 3 heteroatoms. The maximum Gasteiger partial charge on any atom is 0.125 e. The molecule has 3 nitrogen and oxygen atoms in total. The standard InChI is InChI=1S/C11H14O3/c12-7-9-3-1-2-4-11(9)14-10-5-6-13-8-10/h1-4,10,12H,5-8H2. The van der Waals surface area contributed by atoms with Gasteiger partial charge in [0.05, 0.1) is 19.8 Å². The maximum atomic E-state index is 9.08. The van der Waals surface area contributed by atoms with Gasteiger partial charge in [-0.3, -0.25) is 0 Å². The van der Waals surface area contributed by atoms with Gasteiger partial charge in [0.25, 0.3) is 0 Å². The highest BCUT2D eigenvalue weighted by atomic mass is 16.5. The van der Waals surface area contributed by atoms with E-state index in [4.69, 9.17) is 14.6 Å². The molecule has 1 heterocycles. The zero-order chi connectivity index (χ0) is 9.80. The van der Waals surface area contributed by atoms with E-state index in [9.17, 15) is 0 Å². The fourth-order valence-electron chi connectivity index (χ4n) is 1.53. The van der Waals surface area contributed by atoms with Gasteiger partial charge in [-0.05, 0) is 6.07 Å². The highest BCUT2D eigenvalue weighted by Crippen LogP contribution is 2.21. The number of aliphatic hydroxyl groups is 1. The van der Waals surface area contributed by atoms with Gasteiger partial charge in [-0.1, -0.05) is 18.2 Å². The van der Waals surface area contributed by atoms with Gasteiger partial charge in [-0.25, -0.2) is 0 Å². The number of rotatable bonds is 3. The zero-order valence-corrected chi connectivity index (χ0v) is 7.98. The molecule has 2 rings (SSSR count). The van der Waals surface area contributed by atoms with Crippen molar-refractivity contribution in [2.24, 2.45) is 0 Å². The van der Waals surface area contributed by atoms with Crippen molar-refractivity contribution in [3.05, 3.63) is 29.8 Å². The molecular weight excluding hydrogens is 180 g/mol. The Morgan fingerprint density at radius 1 is 1.43 bits per heavy atom. The van der Waals surface area contributed by atoms with Crippen LogP contribution in [0.1, 0.15) is 12.0 Å². The van der Waals surface area contributed by atoms with Crippen LogP contribution in [0, 0.1) is 0 Å². The van der Waals surface area contributed by atoms with Crippen molar-refractivity contribution in [3.8, 4) is 5.75 Å². The molecule has 1 saturated heterocycles. The number of hydrogen-bond acceptors (Lipinski definition) is 3. The van der Waals surface area contributed by atoms with Crippen molar-refractivity contribution in [2.75, 3.05) is 13.2 Å². The summed E-state index contributed by atoms with van der Waals surface area (Å²) < 4.78 is 10.9. The summed E-state index contributed by atoms with van der Waals surface area (Å²) in [6.07, 6.45) is 1.07. The molecule has 1 unspecified atom stereocenters. The van der Waals surface area contributed by atoms with E-state index in [2.05, 4.69) is 0 Å². The lowest BCUT2D eigenvalue weighted by Gasteiger charge is -2.14. The van der Waals surface area contributed by atoms with Crippen molar-refractivity contribution >= 4 is 0 Å². The maximum absolute atomic E-state index is 9.08. The van der Waals surface area contributed by atoms with Gasteiger partial charge in [0.15, 0.2) is 0 Å². The molecule has 0 amide bonds. The lowest BCUT2D eigenvalue weighted by molar-refractivity contribution is 0.139. The molecule has 14 heavy (non-hydrogen) atoms. The first-order valence-corrected chi connectivity index (χ1v) is 4.83. The fourth-order valence-corrected chi connectivity index (χ4v) is 1.53. The van der Waals surface area contributed by atoms with Crippen molar-refractivity contribution in [2.45, 2.75) is 19.1 Å². The first-order chi connectivity index (χ1) is 6.90. The van der Waals surface area contributed by atoms with Gasteiger partial charge in [0.2, 0.25) is 0 Å². The molecule has 0 radical (unpaired) electrons. The molecule has 1 aromatic rings. The Kier molecular flexibility index (Phi) is 3.01. The molecule has 1 aliphatic rings. The lowest BCUT2D eigenvalue weighted by Crippen LogP contribution is -2.16. The van der Waals surface area contributed by atoms with Crippen LogP contribution in [0.2, 0.25) is 0 Å². The first kappa shape index (κ1) is 9.49. The fraction of sp³-hybridized carbons (Fsp3) is 0.455. The van der Waals surface area contributed by atoms with E-state index in [1.54, 1.807) is 0 Å². The van der Waals surface area contributed by atoms with Crippen molar-refractivity contribution in [1.29, 1.82) is 0 Å². The SMILES string of the molecule is OCc1ccccc1OC1CCOC1. The number of hydrogen-bond donors (Lipinski definition) is 1. The summed E-state index contributed by atoms with van der Waals surface area (Å²) in [6, 6.07) is 7.54. The molecular formula is C11H14O3. The monoisotopic (exact) mass is 194 g/mol. The normalized spacial score (nSPS) is 21.1. The largest absolute Gasteiger partial charge is 0.488 e. The van der Waals surface area contributed by atoms with Crippen LogP contribution in [0.4, 0.5) is 0 Å². The third-order valence-corrected chi connectivity index (χ3v) is 2.32. The Morgan fingerprint density at radius 3 is 3.00 bits per heavy atom. The second-order valence-electron chi connectivity index (χ2n) is 3.37. The molecule has 0 aliphatic carbocycles.